The second-order valence-corrected chi connectivity index (χ2v) is 6.26. The van der Waals surface area contributed by atoms with Gasteiger partial charge in [0, 0.05) is 6.42 Å². The van der Waals surface area contributed by atoms with Crippen molar-refractivity contribution in [1.29, 1.82) is 0 Å². The predicted molar refractivity (Wildman–Crippen MR) is 68.2 cm³/mol. The Labute approximate surface area is 113 Å². The minimum Gasteiger partial charge on any atom is -0.481 e. The Morgan fingerprint density at radius 1 is 1.37 bits per heavy atom. The summed E-state index contributed by atoms with van der Waals surface area (Å²) in [5.74, 6) is -1.83. The highest BCUT2D eigenvalue weighted by Crippen LogP contribution is 2.43. The number of carbonyl (C=O) groups excluding carboxylic acids is 2. The van der Waals surface area contributed by atoms with Gasteiger partial charge in [-0.15, -0.1) is 0 Å². The van der Waals surface area contributed by atoms with Crippen LogP contribution in [0, 0.1) is 17.3 Å². The van der Waals surface area contributed by atoms with Crippen molar-refractivity contribution in [2.45, 2.75) is 52.5 Å². The second-order valence-electron chi connectivity index (χ2n) is 6.26. The Kier molecular flexibility index (Phi) is 3.41. The molecular formula is C14H21NO4. The zero-order chi connectivity index (χ0) is 14.4. The molecule has 2 rings (SSSR count). The van der Waals surface area contributed by atoms with Gasteiger partial charge in [0.05, 0.1) is 17.4 Å². The summed E-state index contributed by atoms with van der Waals surface area (Å²) >= 11 is 0. The Morgan fingerprint density at radius 2 is 2.00 bits per heavy atom. The minimum atomic E-state index is -0.902. The largest absolute Gasteiger partial charge is 0.481 e. The Balaban J connectivity index is 2.28. The molecular weight excluding hydrogens is 246 g/mol. The fraction of sp³-hybridized carbons (Fsp3) is 0.786. The van der Waals surface area contributed by atoms with Crippen molar-refractivity contribution in [1.82, 2.24) is 4.90 Å². The molecule has 1 aliphatic heterocycles. The van der Waals surface area contributed by atoms with Crippen LogP contribution < -0.4 is 0 Å². The lowest BCUT2D eigenvalue weighted by atomic mass is 9.77. The lowest BCUT2D eigenvalue weighted by Crippen LogP contribution is -2.46. The van der Waals surface area contributed by atoms with E-state index >= 15 is 0 Å². The number of nitrogens with zero attached hydrogens (tertiary/aromatic N) is 1. The summed E-state index contributed by atoms with van der Waals surface area (Å²) in [5, 5.41) is 9.21. The molecule has 0 bridgehead atoms. The highest BCUT2D eigenvalue weighted by Gasteiger charge is 2.54. The quantitative estimate of drug-likeness (QED) is 0.789. The third-order valence-electron chi connectivity index (χ3n) is 4.90. The first-order valence-corrected chi connectivity index (χ1v) is 6.88. The summed E-state index contributed by atoms with van der Waals surface area (Å²) in [4.78, 5) is 37.2. The summed E-state index contributed by atoms with van der Waals surface area (Å²) in [5.41, 5.74) is -0.678. The zero-order valence-electron chi connectivity index (χ0n) is 11.7. The number of carboxylic acid groups (broad SMARTS) is 1. The van der Waals surface area contributed by atoms with Crippen molar-refractivity contribution < 1.29 is 19.5 Å². The van der Waals surface area contributed by atoms with E-state index in [9.17, 15) is 19.5 Å². The second kappa shape index (κ2) is 4.62. The monoisotopic (exact) mass is 267 g/mol. The van der Waals surface area contributed by atoms with Gasteiger partial charge in [-0.3, -0.25) is 19.3 Å². The summed E-state index contributed by atoms with van der Waals surface area (Å²) in [6, 6.07) is -0.446. The van der Waals surface area contributed by atoms with E-state index in [0.29, 0.717) is 12.8 Å². The van der Waals surface area contributed by atoms with Crippen LogP contribution in [0.15, 0.2) is 0 Å². The SMILES string of the molecule is CC(C)C1(C)CC(=O)N(C2CCCC2C(=O)O)C1=O. The number of hydrogen-bond donors (Lipinski definition) is 1. The van der Waals surface area contributed by atoms with E-state index in [4.69, 9.17) is 0 Å². The van der Waals surface area contributed by atoms with Gasteiger partial charge in [-0.2, -0.15) is 0 Å². The summed E-state index contributed by atoms with van der Waals surface area (Å²) in [6.07, 6.45) is 2.13. The molecule has 0 spiro atoms. The number of carbonyl (C=O) groups is 3. The molecule has 3 atom stereocenters. The molecule has 0 aromatic heterocycles. The van der Waals surface area contributed by atoms with Crippen LogP contribution in [-0.4, -0.2) is 33.8 Å². The maximum atomic E-state index is 12.5. The van der Waals surface area contributed by atoms with Crippen molar-refractivity contribution in [2.75, 3.05) is 0 Å². The number of likely N-dealkylation sites (tertiary alicyclic amines) is 1. The van der Waals surface area contributed by atoms with Gasteiger partial charge in [-0.25, -0.2) is 0 Å². The molecule has 1 N–H and O–H groups in total. The molecule has 0 aromatic carbocycles. The molecule has 2 fully saturated rings. The molecule has 2 aliphatic rings. The number of hydrogen-bond acceptors (Lipinski definition) is 3. The van der Waals surface area contributed by atoms with E-state index < -0.39 is 23.3 Å². The first kappa shape index (κ1) is 14.0. The number of carboxylic acids is 1. The fourth-order valence-electron chi connectivity index (χ4n) is 3.19. The van der Waals surface area contributed by atoms with Gasteiger partial charge in [0.15, 0.2) is 0 Å². The van der Waals surface area contributed by atoms with Gasteiger partial charge in [0.25, 0.3) is 0 Å². The van der Waals surface area contributed by atoms with Crippen LogP contribution in [-0.2, 0) is 14.4 Å². The van der Waals surface area contributed by atoms with Crippen LogP contribution in [0.3, 0.4) is 0 Å². The summed E-state index contributed by atoms with van der Waals surface area (Å²) in [7, 11) is 0. The van der Waals surface area contributed by atoms with Crippen LogP contribution >= 0.6 is 0 Å². The first-order valence-electron chi connectivity index (χ1n) is 6.88. The van der Waals surface area contributed by atoms with Crippen LogP contribution in [0.2, 0.25) is 0 Å². The van der Waals surface area contributed by atoms with Gasteiger partial charge in [-0.05, 0) is 25.7 Å². The highest BCUT2D eigenvalue weighted by atomic mass is 16.4. The standard InChI is InChI=1S/C14H21NO4/c1-8(2)14(3)7-11(16)15(13(14)19)10-6-4-5-9(10)12(17)18/h8-10H,4-7H2,1-3H3,(H,17,18). The molecule has 1 heterocycles. The van der Waals surface area contributed by atoms with Gasteiger partial charge in [0.1, 0.15) is 0 Å². The molecule has 19 heavy (non-hydrogen) atoms. The fourth-order valence-corrected chi connectivity index (χ4v) is 3.19. The molecule has 2 amide bonds. The molecule has 5 nitrogen and oxygen atoms in total. The van der Waals surface area contributed by atoms with Crippen molar-refractivity contribution in [2.24, 2.45) is 17.3 Å². The normalized spacial score (nSPS) is 35.5. The Hall–Kier alpha value is -1.39. The van der Waals surface area contributed by atoms with E-state index in [1.807, 2.05) is 20.8 Å². The van der Waals surface area contributed by atoms with E-state index in [2.05, 4.69) is 0 Å². The average molecular weight is 267 g/mol. The van der Waals surface area contributed by atoms with E-state index in [1.165, 1.54) is 4.90 Å². The molecule has 3 unspecified atom stereocenters. The van der Waals surface area contributed by atoms with Crippen LogP contribution in [0.1, 0.15) is 46.5 Å². The predicted octanol–water partition coefficient (Wildman–Crippen LogP) is 1.66. The third kappa shape index (κ3) is 2.05. The van der Waals surface area contributed by atoms with Gasteiger partial charge >= 0.3 is 5.97 Å². The number of amides is 2. The topological polar surface area (TPSA) is 74.7 Å². The summed E-state index contributed by atoms with van der Waals surface area (Å²) < 4.78 is 0. The minimum absolute atomic E-state index is 0.0682. The smallest absolute Gasteiger partial charge is 0.308 e. The number of aliphatic carboxylic acids is 1. The maximum absolute atomic E-state index is 12.5. The van der Waals surface area contributed by atoms with Crippen molar-refractivity contribution >= 4 is 17.8 Å². The van der Waals surface area contributed by atoms with Crippen LogP contribution in [0.5, 0.6) is 0 Å². The molecule has 0 aromatic rings. The van der Waals surface area contributed by atoms with E-state index in [0.717, 1.165) is 6.42 Å². The molecule has 5 heteroatoms. The first-order chi connectivity index (χ1) is 8.79. The molecule has 106 valence electrons. The lowest BCUT2D eigenvalue weighted by Gasteiger charge is -2.30. The molecule has 1 saturated carbocycles. The van der Waals surface area contributed by atoms with Crippen molar-refractivity contribution in [3.63, 3.8) is 0 Å². The number of rotatable bonds is 3. The van der Waals surface area contributed by atoms with Crippen LogP contribution in [0.4, 0.5) is 0 Å². The zero-order valence-corrected chi connectivity index (χ0v) is 11.7. The van der Waals surface area contributed by atoms with Gasteiger partial charge in [0.2, 0.25) is 11.8 Å². The molecule has 1 saturated heterocycles. The average Bonchev–Trinajstić information content (AvgIpc) is 2.84. The third-order valence-corrected chi connectivity index (χ3v) is 4.90. The molecule has 0 radical (unpaired) electrons. The Bertz CT molecular complexity index is 431. The Morgan fingerprint density at radius 3 is 2.47 bits per heavy atom. The van der Waals surface area contributed by atoms with E-state index in [1.54, 1.807) is 0 Å². The van der Waals surface area contributed by atoms with E-state index in [-0.39, 0.29) is 24.2 Å². The number of imide groups is 1. The highest BCUT2D eigenvalue weighted by molar-refractivity contribution is 6.06. The van der Waals surface area contributed by atoms with Crippen molar-refractivity contribution in [3.05, 3.63) is 0 Å². The summed E-state index contributed by atoms with van der Waals surface area (Å²) in [6.45, 7) is 5.67. The van der Waals surface area contributed by atoms with Gasteiger partial charge in [-0.1, -0.05) is 20.3 Å². The van der Waals surface area contributed by atoms with Gasteiger partial charge < -0.3 is 5.11 Å². The molecule has 1 aliphatic carbocycles. The van der Waals surface area contributed by atoms with Crippen LogP contribution in [0.25, 0.3) is 0 Å². The van der Waals surface area contributed by atoms with Crippen molar-refractivity contribution in [3.8, 4) is 0 Å². The maximum Gasteiger partial charge on any atom is 0.308 e. The lowest BCUT2D eigenvalue weighted by molar-refractivity contribution is -0.150.